The maximum Gasteiger partial charge on any atom is 0.239 e. The lowest BCUT2D eigenvalue weighted by Gasteiger charge is -2.07. The number of thiazole rings is 1. The van der Waals surface area contributed by atoms with Gasteiger partial charge in [-0.1, -0.05) is 12.1 Å². The second-order valence-corrected chi connectivity index (χ2v) is 7.16. The van der Waals surface area contributed by atoms with Crippen molar-refractivity contribution in [2.24, 2.45) is 0 Å². The minimum Gasteiger partial charge on any atom is -0.497 e. The van der Waals surface area contributed by atoms with Crippen LogP contribution in [-0.2, 0) is 17.8 Å². The highest BCUT2D eigenvalue weighted by Gasteiger charge is 2.08. The molecular formula is C20H19N3O2S. The van der Waals surface area contributed by atoms with Crippen molar-refractivity contribution >= 4 is 38.4 Å². The molecule has 26 heavy (non-hydrogen) atoms. The SMILES string of the molecule is COc1ccc2c(ccn2CC(=O)NCCc2nc3ccccc3s2)c1. The van der Waals surface area contributed by atoms with Crippen LogP contribution < -0.4 is 10.1 Å². The number of carbonyl (C=O) groups is 1. The summed E-state index contributed by atoms with van der Waals surface area (Å²) in [6.45, 7) is 0.890. The van der Waals surface area contributed by atoms with Gasteiger partial charge >= 0.3 is 0 Å². The van der Waals surface area contributed by atoms with E-state index in [-0.39, 0.29) is 5.91 Å². The predicted octanol–water partition coefficient (Wildman–Crippen LogP) is 3.62. The largest absolute Gasteiger partial charge is 0.497 e. The van der Waals surface area contributed by atoms with Crippen molar-refractivity contribution in [1.82, 2.24) is 14.9 Å². The number of nitrogens with one attached hydrogen (secondary N) is 1. The van der Waals surface area contributed by atoms with E-state index in [4.69, 9.17) is 4.74 Å². The van der Waals surface area contributed by atoms with Crippen LogP contribution in [0.15, 0.2) is 54.7 Å². The van der Waals surface area contributed by atoms with Crippen LogP contribution in [0.25, 0.3) is 21.1 Å². The molecule has 0 aliphatic heterocycles. The van der Waals surface area contributed by atoms with Crippen molar-refractivity contribution in [2.75, 3.05) is 13.7 Å². The molecule has 1 amide bonds. The number of nitrogens with zero attached hydrogens (tertiary/aromatic N) is 2. The second-order valence-electron chi connectivity index (χ2n) is 6.04. The molecule has 132 valence electrons. The van der Waals surface area contributed by atoms with Crippen molar-refractivity contribution in [3.63, 3.8) is 0 Å². The first-order valence-electron chi connectivity index (χ1n) is 8.47. The summed E-state index contributed by atoms with van der Waals surface area (Å²) < 4.78 is 8.37. The zero-order valence-corrected chi connectivity index (χ0v) is 15.3. The third kappa shape index (κ3) is 3.41. The number of hydrogen-bond acceptors (Lipinski definition) is 4. The third-order valence-electron chi connectivity index (χ3n) is 4.29. The predicted molar refractivity (Wildman–Crippen MR) is 105 cm³/mol. The van der Waals surface area contributed by atoms with Gasteiger partial charge in [-0.15, -0.1) is 11.3 Å². The van der Waals surface area contributed by atoms with Crippen LogP contribution in [0.5, 0.6) is 5.75 Å². The van der Waals surface area contributed by atoms with Crippen molar-refractivity contribution in [3.05, 3.63) is 59.7 Å². The standard InChI is InChI=1S/C20H19N3O2S/c1-25-15-6-7-17-14(12-15)9-11-23(17)13-19(24)21-10-8-20-22-16-4-2-3-5-18(16)26-20/h2-7,9,11-12H,8,10,13H2,1H3,(H,21,24). The highest BCUT2D eigenvalue weighted by molar-refractivity contribution is 7.18. The van der Waals surface area contributed by atoms with E-state index in [1.165, 1.54) is 4.70 Å². The van der Waals surface area contributed by atoms with Crippen molar-refractivity contribution in [3.8, 4) is 5.75 Å². The van der Waals surface area contributed by atoms with E-state index in [2.05, 4.69) is 16.4 Å². The lowest BCUT2D eigenvalue weighted by molar-refractivity contribution is -0.121. The molecule has 0 fully saturated rings. The highest BCUT2D eigenvalue weighted by Crippen LogP contribution is 2.22. The Labute approximate surface area is 155 Å². The summed E-state index contributed by atoms with van der Waals surface area (Å²) in [6, 6.07) is 15.9. The Morgan fingerprint density at radius 1 is 1.23 bits per heavy atom. The smallest absolute Gasteiger partial charge is 0.239 e. The van der Waals surface area contributed by atoms with Crippen molar-refractivity contribution in [2.45, 2.75) is 13.0 Å². The zero-order chi connectivity index (χ0) is 17.9. The van der Waals surface area contributed by atoms with Gasteiger partial charge in [0.25, 0.3) is 0 Å². The summed E-state index contributed by atoms with van der Waals surface area (Å²) in [6.07, 6.45) is 2.67. The fourth-order valence-corrected chi connectivity index (χ4v) is 3.96. The lowest BCUT2D eigenvalue weighted by atomic mass is 10.2. The molecule has 5 nitrogen and oxygen atoms in total. The fraction of sp³-hybridized carbons (Fsp3) is 0.200. The summed E-state index contributed by atoms with van der Waals surface area (Å²) in [5, 5.41) is 5.09. The first-order chi connectivity index (χ1) is 12.7. The summed E-state index contributed by atoms with van der Waals surface area (Å²) in [5.74, 6) is 0.815. The maximum atomic E-state index is 12.3. The summed E-state index contributed by atoms with van der Waals surface area (Å²) in [7, 11) is 1.65. The van der Waals surface area contributed by atoms with Crippen LogP contribution in [0, 0.1) is 0 Å². The molecule has 0 bridgehead atoms. The number of ether oxygens (including phenoxy) is 1. The fourth-order valence-electron chi connectivity index (χ4n) is 2.99. The van der Waals surface area contributed by atoms with Gasteiger partial charge in [-0.3, -0.25) is 4.79 Å². The number of hydrogen-bond donors (Lipinski definition) is 1. The number of methoxy groups -OCH3 is 1. The molecule has 2 aromatic heterocycles. The summed E-state index contributed by atoms with van der Waals surface area (Å²) >= 11 is 1.68. The van der Waals surface area contributed by atoms with Crippen LogP contribution in [0.2, 0.25) is 0 Å². The Kier molecular flexibility index (Phi) is 4.58. The third-order valence-corrected chi connectivity index (χ3v) is 5.39. The molecule has 0 spiro atoms. The van der Waals surface area contributed by atoms with Gasteiger partial charge in [0.1, 0.15) is 12.3 Å². The average molecular weight is 365 g/mol. The van der Waals surface area contributed by atoms with Gasteiger partial charge in [0.05, 0.1) is 22.3 Å². The van der Waals surface area contributed by atoms with Gasteiger partial charge in [-0.2, -0.15) is 0 Å². The highest BCUT2D eigenvalue weighted by atomic mass is 32.1. The van der Waals surface area contributed by atoms with E-state index in [9.17, 15) is 4.79 Å². The molecular weight excluding hydrogens is 346 g/mol. The van der Waals surface area contributed by atoms with Gasteiger partial charge in [0, 0.05) is 30.1 Å². The minimum absolute atomic E-state index is 0.000529. The van der Waals surface area contributed by atoms with Crippen LogP contribution in [0.3, 0.4) is 0 Å². The quantitative estimate of drug-likeness (QED) is 0.568. The van der Waals surface area contributed by atoms with Gasteiger partial charge in [-0.25, -0.2) is 4.98 Å². The van der Waals surface area contributed by atoms with Crippen LogP contribution in [0.4, 0.5) is 0 Å². The van der Waals surface area contributed by atoms with Crippen LogP contribution in [-0.4, -0.2) is 29.1 Å². The lowest BCUT2D eigenvalue weighted by Crippen LogP contribution is -2.29. The molecule has 0 radical (unpaired) electrons. The monoisotopic (exact) mass is 365 g/mol. The Morgan fingerprint density at radius 3 is 2.96 bits per heavy atom. The zero-order valence-electron chi connectivity index (χ0n) is 14.4. The molecule has 2 heterocycles. The molecule has 0 aliphatic rings. The number of aromatic nitrogens is 2. The van der Waals surface area contributed by atoms with E-state index >= 15 is 0 Å². The first kappa shape index (κ1) is 16.6. The minimum atomic E-state index is -0.000529. The number of amides is 1. The average Bonchev–Trinajstić information content (AvgIpc) is 3.25. The molecule has 4 aromatic rings. The van der Waals surface area contributed by atoms with Gasteiger partial charge < -0.3 is 14.6 Å². The summed E-state index contributed by atoms with van der Waals surface area (Å²) in [5.41, 5.74) is 2.04. The number of fused-ring (bicyclic) bond motifs is 2. The molecule has 0 aliphatic carbocycles. The Morgan fingerprint density at radius 2 is 2.12 bits per heavy atom. The maximum absolute atomic E-state index is 12.3. The van der Waals surface area contributed by atoms with Crippen LogP contribution >= 0.6 is 11.3 Å². The molecule has 6 heteroatoms. The van der Waals surface area contributed by atoms with Crippen LogP contribution in [0.1, 0.15) is 5.01 Å². The molecule has 0 saturated carbocycles. The first-order valence-corrected chi connectivity index (χ1v) is 9.28. The molecule has 2 aromatic carbocycles. The van der Waals surface area contributed by atoms with Gasteiger partial charge in [-0.05, 0) is 36.4 Å². The number of benzene rings is 2. The Bertz CT molecular complexity index is 1030. The van der Waals surface area contributed by atoms with E-state index < -0.39 is 0 Å². The molecule has 0 atom stereocenters. The Hall–Kier alpha value is -2.86. The molecule has 4 rings (SSSR count). The number of rotatable bonds is 6. The molecule has 0 saturated heterocycles. The Balaban J connectivity index is 1.35. The van der Waals surface area contributed by atoms with Crippen molar-refractivity contribution < 1.29 is 9.53 Å². The van der Waals surface area contributed by atoms with E-state index in [1.807, 2.05) is 53.2 Å². The molecule has 0 unspecified atom stereocenters. The van der Waals surface area contributed by atoms with E-state index in [1.54, 1.807) is 18.4 Å². The normalized spacial score (nSPS) is 11.1. The van der Waals surface area contributed by atoms with E-state index in [0.29, 0.717) is 13.1 Å². The van der Waals surface area contributed by atoms with Gasteiger partial charge in [0.2, 0.25) is 5.91 Å². The summed E-state index contributed by atoms with van der Waals surface area (Å²) in [4.78, 5) is 16.9. The second kappa shape index (κ2) is 7.17. The topological polar surface area (TPSA) is 56.1 Å². The van der Waals surface area contributed by atoms with E-state index in [0.717, 1.165) is 33.6 Å². The van der Waals surface area contributed by atoms with Gasteiger partial charge in [0.15, 0.2) is 0 Å². The van der Waals surface area contributed by atoms with Crippen molar-refractivity contribution in [1.29, 1.82) is 0 Å². The molecule has 1 N–H and O–H groups in total. The number of carbonyl (C=O) groups excluding carboxylic acids is 1. The number of para-hydroxylation sites is 1.